The Morgan fingerprint density at radius 1 is 1.04 bits per heavy atom. The van der Waals surface area contributed by atoms with Crippen LogP contribution in [0, 0.1) is 6.92 Å². The molecule has 5 heteroatoms. The molecule has 0 fully saturated rings. The molecule has 5 nitrogen and oxygen atoms in total. The molecule has 0 aliphatic heterocycles. The number of benzene rings is 2. The number of rotatable bonds is 9. The van der Waals surface area contributed by atoms with E-state index >= 15 is 0 Å². The normalized spacial score (nSPS) is 10.2. The fourth-order valence-electron chi connectivity index (χ4n) is 2.43. The maximum absolute atomic E-state index is 12.1. The van der Waals surface area contributed by atoms with E-state index in [1.165, 1.54) is 0 Å². The maximum Gasteiger partial charge on any atom is 0.251 e. The van der Waals surface area contributed by atoms with Gasteiger partial charge in [0, 0.05) is 12.1 Å². The summed E-state index contributed by atoms with van der Waals surface area (Å²) in [4.78, 5) is 24.1. The van der Waals surface area contributed by atoms with Crippen molar-refractivity contribution in [3.63, 3.8) is 0 Å². The minimum Gasteiger partial charge on any atom is -0.494 e. The average molecular weight is 354 g/mol. The Kier molecular flexibility index (Phi) is 7.68. The first-order valence-corrected chi connectivity index (χ1v) is 8.92. The number of hydrogen-bond donors (Lipinski definition) is 2. The lowest BCUT2D eigenvalue weighted by atomic mass is 10.1. The molecule has 0 saturated heterocycles. The van der Waals surface area contributed by atoms with Gasteiger partial charge in [0.2, 0.25) is 5.91 Å². The number of aryl methyl sites for hydroxylation is 1. The first kappa shape index (κ1) is 19.5. The molecule has 0 aliphatic rings. The van der Waals surface area contributed by atoms with Crippen molar-refractivity contribution in [2.75, 3.05) is 13.2 Å². The molecule has 0 unspecified atom stereocenters. The van der Waals surface area contributed by atoms with Crippen molar-refractivity contribution in [1.82, 2.24) is 10.6 Å². The van der Waals surface area contributed by atoms with Crippen molar-refractivity contribution in [2.24, 2.45) is 0 Å². The quantitative estimate of drug-likeness (QED) is 0.680. The molecule has 0 aromatic heterocycles. The molecule has 0 heterocycles. The van der Waals surface area contributed by atoms with E-state index in [0.717, 1.165) is 29.7 Å². The van der Waals surface area contributed by atoms with Gasteiger partial charge in [-0.2, -0.15) is 0 Å². The number of carbonyl (C=O) groups excluding carboxylic acids is 2. The molecule has 2 amide bonds. The van der Waals surface area contributed by atoms with Gasteiger partial charge in [0.05, 0.1) is 13.2 Å². The summed E-state index contributed by atoms with van der Waals surface area (Å²) in [5.41, 5.74) is 2.42. The highest BCUT2D eigenvalue weighted by Crippen LogP contribution is 2.13. The second kappa shape index (κ2) is 10.2. The lowest BCUT2D eigenvalue weighted by Crippen LogP contribution is -2.36. The highest BCUT2D eigenvalue weighted by Gasteiger charge is 2.09. The molecular weight excluding hydrogens is 328 g/mol. The molecule has 138 valence electrons. The minimum absolute atomic E-state index is 0.0557. The molecule has 0 atom stereocenters. The highest BCUT2D eigenvalue weighted by molar-refractivity contribution is 5.97. The Labute approximate surface area is 154 Å². The van der Waals surface area contributed by atoms with E-state index in [9.17, 15) is 9.59 Å². The van der Waals surface area contributed by atoms with Crippen LogP contribution in [0.5, 0.6) is 5.75 Å². The summed E-state index contributed by atoms with van der Waals surface area (Å²) >= 11 is 0. The van der Waals surface area contributed by atoms with Crippen LogP contribution in [0.1, 0.15) is 41.3 Å². The maximum atomic E-state index is 12.1. The molecule has 2 aromatic rings. The van der Waals surface area contributed by atoms with Gasteiger partial charge in [-0.25, -0.2) is 0 Å². The average Bonchev–Trinajstić information content (AvgIpc) is 2.65. The Morgan fingerprint density at radius 2 is 1.85 bits per heavy atom. The van der Waals surface area contributed by atoms with Gasteiger partial charge in [0.15, 0.2) is 0 Å². The number of unbranched alkanes of at least 4 members (excludes halogenated alkanes) is 1. The first-order valence-electron chi connectivity index (χ1n) is 8.92. The molecule has 2 aromatic carbocycles. The Bertz CT molecular complexity index is 744. The summed E-state index contributed by atoms with van der Waals surface area (Å²) in [5, 5.41) is 5.45. The summed E-state index contributed by atoms with van der Waals surface area (Å²) in [5.74, 6) is 0.326. The predicted octanol–water partition coefficient (Wildman–Crippen LogP) is 3.22. The molecule has 26 heavy (non-hydrogen) atoms. The van der Waals surface area contributed by atoms with Gasteiger partial charge in [-0.15, -0.1) is 0 Å². The van der Waals surface area contributed by atoms with Crippen LogP contribution in [0.2, 0.25) is 0 Å². The zero-order valence-electron chi connectivity index (χ0n) is 15.4. The summed E-state index contributed by atoms with van der Waals surface area (Å²) in [6.45, 7) is 5.01. The monoisotopic (exact) mass is 354 g/mol. The highest BCUT2D eigenvalue weighted by atomic mass is 16.5. The van der Waals surface area contributed by atoms with E-state index in [1.807, 2.05) is 43.3 Å². The smallest absolute Gasteiger partial charge is 0.251 e. The molecular formula is C21H26N2O3. The third-order valence-corrected chi connectivity index (χ3v) is 3.95. The molecule has 0 radical (unpaired) electrons. The van der Waals surface area contributed by atoms with Crippen LogP contribution < -0.4 is 15.4 Å². The van der Waals surface area contributed by atoms with Crippen LogP contribution in [-0.2, 0) is 11.3 Å². The van der Waals surface area contributed by atoms with Crippen molar-refractivity contribution >= 4 is 11.8 Å². The molecule has 2 rings (SSSR count). The van der Waals surface area contributed by atoms with Crippen LogP contribution in [0.25, 0.3) is 0 Å². The molecule has 2 N–H and O–H groups in total. The summed E-state index contributed by atoms with van der Waals surface area (Å²) in [6, 6.07) is 14.9. The van der Waals surface area contributed by atoms with E-state index in [2.05, 4.69) is 17.6 Å². The minimum atomic E-state index is -0.246. The van der Waals surface area contributed by atoms with E-state index < -0.39 is 0 Å². The number of carbonyl (C=O) groups is 2. The molecule has 0 spiro atoms. The van der Waals surface area contributed by atoms with Crippen LogP contribution in [-0.4, -0.2) is 25.0 Å². The first-order chi connectivity index (χ1) is 12.6. The summed E-state index contributed by atoms with van der Waals surface area (Å²) < 4.78 is 5.66. The number of ether oxygens (including phenoxy) is 1. The summed E-state index contributed by atoms with van der Waals surface area (Å²) in [7, 11) is 0. The predicted molar refractivity (Wildman–Crippen MR) is 102 cm³/mol. The van der Waals surface area contributed by atoms with Gasteiger partial charge < -0.3 is 15.4 Å². The van der Waals surface area contributed by atoms with Gasteiger partial charge in [-0.1, -0.05) is 43.7 Å². The van der Waals surface area contributed by atoms with Crippen molar-refractivity contribution < 1.29 is 14.3 Å². The number of nitrogens with one attached hydrogen (secondary N) is 2. The van der Waals surface area contributed by atoms with Crippen LogP contribution in [0.3, 0.4) is 0 Å². The second-order valence-electron chi connectivity index (χ2n) is 6.12. The molecule has 0 saturated carbocycles. The van der Waals surface area contributed by atoms with E-state index in [1.54, 1.807) is 12.1 Å². The largest absolute Gasteiger partial charge is 0.494 e. The van der Waals surface area contributed by atoms with Crippen LogP contribution in [0.4, 0.5) is 0 Å². The van der Waals surface area contributed by atoms with E-state index in [0.29, 0.717) is 18.7 Å². The zero-order valence-corrected chi connectivity index (χ0v) is 15.4. The van der Waals surface area contributed by atoms with Crippen LogP contribution in [0.15, 0.2) is 48.5 Å². The van der Waals surface area contributed by atoms with Crippen LogP contribution >= 0.6 is 0 Å². The fourth-order valence-corrected chi connectivity index (χ4v) is 2.43. The van der Waals surface area contributed by atoms with Crippen molar-refractivity contribution in [3.05, 3.63) is 65.2 Å². The lowest BCUT2D eigenvalue weighted by molar-refractivity contribution is -0.120. The van der Waals surface area contributed by atoms with Crippen molar-refractivity contribution in [1.29, 1.82) is 0 Å². The lowest BCUT2D eigenvalue weighted by Gasteiger charge is -2.10. The Hall–Kier alpha value is -2.82. The van der Waals surface area contributed by atoms with Gasteiger partial charge in [-0.05, 0) is 42.7 Å². The molecule has 0 aliphatic carbocycles. The van der Waals surface area contributed by atoms with Crippen molar-refractivity contribution in [2.45, 2.75) is 33.2 Å². The van der Waals surface area contributed by atoms with Gasteiger partial charge in [0.1, 0.15) is 5.75 Å². The van der Waals surface area contributed by atoms with E-state index in [4.69, 9.17) is 4.74 Å². The van der Waals surface area contributed by atoms with Gasteiger partial charge >= 0.3 is 0 Å². The second-order valence-corrected chi connectivity index (χ2v) is 6.12. The van der Waals surface area contributed by atoms with Gasteiger partial charge in [0.25, 0.3) is 5.91 Å². The fraction of sp³-hybridized carbons (Fsp3) is 0.333. The standard InChI is InChI=1S/C21H26N2O3/c1-3-4-12-26-18-10-7-9-17(13-18)14-22-20(24)15-23-21(25)19-11-6-5-8-16(19)2/h5-11,13H,3-4,12,14-15H2,1-2H3,(H,22,24)(H,23,25). The SMILES string of the molecule is CCCCOc1cccc(CNC(=O)CNC(=O)c2ccccc2C)c1. The summed E-state index contributed by atoms with van der Waals surface area (Å²) in [6.07, 6.45) is 2.10. The third-order valence-electron chi connectivity index (χ3n) is 3.95. The third kappa shape index (κ3) is 6.24. The van der Waals surface area contributed by atoms with Gasteiger partial charge in [-0.3, -0.25) is 9.59 Å². The molecule has 0 bridgehead atoms. The number of hydrogen-bond acceptors (Lipinski definition) is 3. The number of amides is 2. The van der Waals surface area contributed by atoms with Crippen molar-refractivity contribution in [3.8, 4) is 5.75 Å². The Morgan fingerprint density at radius 3 is 2.62 bits per heavy atom. The zero-order chi connectivity index (χ0) is 18.8. The van der Waals surface area contributed by atoms with E-state index in [-0.39, 0.29) is 18.4 Å². The topological polar surface area (TPSA) is 67.4 Å². The Balaban J connectivity index is 1.77.